The molecule has 0 aliphatic heterocycles. The van der Waals surface area contributed by atoms with Gasteiger partial charge in [-0.25, -0.2) is 4.79 Å². The van der Waals surface area contributed by atoms with Crippen molar-refractivity contribution in [3.05, 3.63) is 94.0 Å². The molecule has 0 atom stereocenters. The average Bonchev–Trinajstić information content (AvgIpc) is 2.87. The van der Waals surface area contributed by atoms with Gasteiger partial charge in [0.1, 0.15) is 18.2 Å². The van der Waals surface area contributed by atoms with E-state index in [1.165, 1.54) is 25.3 Å². The average molecular weight is 491 g/mol. The van der Waals surface area contributed by atoms with Crippen molar-refractivity contribution >= 4 is 35.2 Å². The van der Waals surface area contributed by atoms with E-state index in [4.69, 9.17) is 21.1 Å². The number of amides is 1. The molecule has 0 heterocycles. The molecule has 0 bridgehead atoms. The Kier molecular flexibility index (Phi) is 8.88. The lowest BCUT2D eigenvalue weighted by Crippen LogP contribution is -2.13. The van der Waals surface area contributed by atoms with Crippen LogP contribution in [0.1, 0.15) is 28.4 Å². The van der Waals surface area contributed by atoms with Crippen LogP contribution < -0.4 is 14.8 Å². The highest BCUT2D eigenvalue weighted by Gasteiger charge is 2.15. The number of nitrogens with one attached hydrogen (secondary N) is 1. The summed E-state index contributed by atoms with van der Waals surface area (Å²) < 4.78 is 16.3. The van der Waals surface area contributed by atoms with Crippen molar-refractivity contribution in [3.8, 4) is 17.6 Å². The number of halogens is 1. The number of carbonyl (C=O) groups excluding carboxylic acids is 2. The zero-order valence-corrected chi connectivity index (χ0v) is 20.0. The summed E-state index contributed by atoms with van der Waals surface area (Å²) in [6.45, 7) is 2.51. The molecular formula is C27H23ClN2O5. The Morgan fingerprint density at radius 3 is 2.40 bits per heavy atom. The SMILES string of the molecule is CCOc1cc(/C=C(\C#N)C(=O)Nc2ccc(C(=O)OC)cc2)cc(Cl)c1OCc1ccccc1. The molecule has 3 aromatic rings. The van der Waals surface area contributed by atoms with E-state index >= 15 is 0 Å². The van der Waals surface area contributed by atoms with E-state index in [0.29, 0.717) is 41.5 Å². The van der Waals surface area contributed by atoms with Crippen LogP contribution in [-0.4, -0.2) is 25.6 Å². The number of carbonyl (C=O) groups is 2. The maximum Gasteiger partial charge on any atom is 0.337 e. The van der Waals surface area contributed by atoms with Gasteiger partial charge in [0.05, 0.1) is 24.3 Å². The fraction of sp³-hybridized carbons (Fsp3) is 0.148. The second-order valence-corrected chi connectivity index (χ2v) is 7.64. The van der Waals surface area contributed by atoms with Crippen LogP contribution in [0.2, 0.25) is 5.02 Å². The number of benzene rings is 3. The number of rotatable bonds is 9. The van der Waals surface area contributed by atoms with Crippen molar-refractivity contribution in [1.82, 2.24) is 0 Å². The minimum absolute atomic E-state index is 0.140. The van der Waals surface area contributed by atoms with Crippen LogP contribution in [0.3, 0.4) is 0 Å². The fourth-order valence-corrected chi connectivity index (χ4v) is 3.40. The first-order chi connectivity index (χ1) is 16.9. The van der Waals surface area contributed by atoms with Crippen molar-refractivity contribution in [2.24, 2.45) is 0 Å². The third kappa shape index (κ3) is 6.85. The predicted octanol–water partition coefficient (Wildman–Crippen LogP) is 5.65. The smallest absolute Gasteiger partial charge is 0.337 e. The van der Waals surface area contributed by atoms with Crippen molar-refractivity contribution in [1.29, 1.82) is 5.26 Å². The highest BCUT2D eigenvalue weighted by atomic mass is 35.5. The van der Waals surface area contributed by atoms with Gasteiger partial charge < -0.3 is 19.5 Å². The van der Waals surface area contributed by atoms with Crippen LogP contribution in [0.25, 0.3) is 6.08 Å². The lowest BCUT2D eigenvalue weighted by atomic mass is 10.1. The Balaban J connectivity index is 1.80. The van der Waals surface area contributed by atoms with Crippen LogP contribution >= 0.6 is 11.6 Å². The predicted molar refractivity (Wildman–Crippen MR) is 133 cm³/mol. The monoisotopic (exact) mass is 490 g/mol. The summed E-state index contributed by atoms with van der Waals surface area (Å²) in [5, 5.41) is 12.5. The van der Waals surface area contributed by atoms with Crippen LogP contribution in [0.15, 0.2) is 72.3 Å². The van der Waals surface area contributed by atoms with Gasteiger partial charge in [-0.05, 0) is 60.5 Å². The second-order valence-electron chi connectivity index (χ2n) is 7.23. The third-order valence-electron chi connectivity index (χ3n) is 4.80. The number of ether oxygens (including phenoxy) is 3. The van der Waals surface area contributed by atoms with E-state index in [2.05, 4.69) is 10.1 Å². The van der Waals surface area contributed by atoms with Crippen molar-refractivity contribution < 1.29 is 23.8 Å². The molecule has 1 N–H and O–H groups in total. The van der Waals surface area contributed by atoms with Gasteiger partial charge in [0.25, 0.3) is 5.91 Å². The molecule has 35 heavy (non-hydrogen) atoms. The molecule has 0 saturated heterocycles. The Labute approximate surface area is 208 Å². The van der Waals surface area contributed by atoms with Gasteiger partial charge in [-0.15, -0.1) is 0 Å². The van der Waals surface area contributed by atoms with E-state index < -0.39 is 11.9 Å². The fourth-order valence-electron chi connectivity index (χ4n) is 3.13. The molecule has 0 aliphatic rings. The van der Waals surface area contributed by atoms with E-state index in [9.17, 15) is 14.9 Å². The summed E-state index contributed by atoms with van der Waals surface area (Å²) in [4.78, 5) is 24.2. The van der Waals surface area contributed by atoms with Crippen LogP contribution in [0.5, 0.6) is 11.5 Å². The first kappa shape index (κ1) is 25.3. The van der Waals surface area contributed by atoms with Crippen LogP contribution in [0, 0.1) is 11.3 Å². The highest BCUT2D eigenvalue weighted by Crippen LogP contribution is 2.38. The minimum Gasteiger partial charge on any atom is -0.490 e. The molecule has 0 aliphatic carbocycles. The van der Waals surface area contributed by atoms with Crippen molar-refractivity contribution in [3.63, 3.8) is 0 Å². The van der Waals surface area contributed by atoms with Gasteiger partial charge >= 0.3 is 5.97 Å². The normalized spacial score (nSPS) is 10.7. The standard InChI is InChI=1S/C27H23ClN2O5/c1-3-34-24-15-19(14-23(28)25(24)35-17-18-7-5-4-6-8-18)13-21(16-29)26(31)30-22-11-9-20(10-12-22)27(32)33-2/h4-15H,3,17H2,1-2H3,(H,30,31)/b21-13+. The van der Waals surface area contributed by atoms with Gasteiger partial charge in [0.15, 0.2) is 11.5 Å². The molecule has 0 radical (unpaired) electrons. The van der Waals surface area contributed by atoms with Gasteiger partial charge in [0, 0.05) is 5.69 Å². The number of nitriles is 1. The number of hydrogen-bond donors (Lipinski definition) is 1. The molecule has 8 heteroatoms. The summed E-state index contributed by atoms with van der Waals surface area (Å²) in [5.41, 5.74) is 2.09. The Hall–Kier alpha value is -4.28. The van der Waals surface area contributed by atoms with Crippen molar-refractivity contribution in [2.75, 3.05) is 19.0 Å². The first-order valence-electron chi connectivity index (χ1n) is 10.7. The van der Waals surface area contributed by atoms with E-state index in [-0.39, 0.29) is 10.6 Å². The lowest BCUT2D eigenvalue weighted by molar-refractivity contribution is -0.112. The molecule has 0 unspecified atom stereocenters. The maximum absolute atomic E-state index is 12.7. The molecule has 1 amide bonds. The summed E-state index contributed by atoms with van der Waals surface area (Å²) in [5.74, 6) is -0.322. The zero-order valence-electron chi connectivity index (χ0n) is 19.2. The van der Waals surface area contributed by atoms with Crippen LogP contribution in [0.4, 0.5) is 5.69 Å². The molecular weight excluding hydrogens is 468 g/mol. The quantitative estimate of drug-likeness (QED) is 0.236. The lowest BCUT2D eigenvalue weighted by Gasteiger charge is -2.15. The number of anilines is 1. The highest BCUT2D eigenvalue weighted by molar-refractivity contribution is 6.32. The topological polar surface area (TPSA) is 97.7 Å². The van der Waals surface area contributed by atoms with Gasteiger partial charge in [0.2, 0.25) is 0 Å². The van der Waals surface area contributed by atoms with E-state index in [1.54, 1.807) is 24.3 Å². The number of nitrogens with zero attached hydrogens (tertiary/aromatic N) is 1. The maximum atomic E-state index is 12.7. The van der Waals surface area contributed by atoms with Crippen molar-refractivity contribution in [2.45, 2.75) is 13.5 Å². The molecule has 3 aromatic carbocycles. The molecule has 3 rings (SSSR count). The molecule has 0 saturated carbocycles. The minimum atomic E-state index is -0.614. The summed E-state index contributed by atoms with van der Waals surface area (Å²) in [6.07, 6.45) is 1.41. The van der Waals surface area contributed by atoms with Gasteiger partial charge in [-0.1, -0.05) is 41.9 Å². The van der Waals surface area contributed by atoms with E-state index in [0.717, 1.165) is 5.56 Å². The number of methoxy groups -OCH3 is 1. The first-order valence-corrected chi connectivity index (χ1v) is 11.1. The number of esters is 1. The molecule has 0 fully saturated rings. The Morgan fingerprint density at radius 1 is 1.06 bits per heavy atom. The Bertz CT molecular complexity index is 1270. The third-order valence-corrected chi connectivity index (χ3v) is 5.08. The Morgan fingerprint density at radius 2 is 1.77 bits per heavy atom. The molecule has 178 valence electrons. The van der Waals surface area contributed by atoms with E-state index in [1.807, 2.05) is 43.3 Å². The molecule has 0 aromatic heterocycles. The summed E-state index contributed by atoms with van der Waals surface area (Å²) in [7, 11) is 1.28. The molecule has 7 nitrogen and oxygen atoms in total. The van der Waals surface area contributed by atoms with Gasteiger partial charge in [-0.2, -0.15) is 5.26 Å². The zero-order chi connectivity index (χ0) is 25.2. The van der Waals surface area contributed by atoms with Gasteiger partial charge in [-0.3, -0.25) is 4.79 Å². The summed E-state index contributed by atoms with van der Waals surface area (Å²) in [6, 6.07) is 20.9. The number of hydrogen-bond acceptors (Lipinski definition) is 6. The second kappa shape index (κ2) is 12.3. The largest absolute Gasteiger partial charge is 0.490 e. The summed E-state index contributed by atoms with van der Waals surface area (Å²) >= 11 is 6.47. The molecule has 0 spiro atoms. The van der Waals surface area contributed by atoms with Crippen LogP contribution in [-0.2, 0) is 16.1 Å².